The molecule has 0 aromatic heterocycles. The Kier molecular flexibility index (Phi) is 7.22. The predicted octanol–water partition coefficient (Wildman–Crippen LogP) is 4.09. The van der Waals surface area contributed by atoms with Crippen LogP contribution in [0.15, 0.2) is 24.3 Å². The first-order valence-corrected chi connectivity index (χ1v) is 7.04. The van der Waals surface area contributed by atoms with Crippen molar-refractivity contribution in [2.75, 3.05) is 6.54 Å². The van der Waals surface area contributed by atoms with E-state index in [4.69, 9.17) is 0 Å². The van der Waals surface area contributed by atoms with Gasteiger partial charge in [0.15, 0.2) is 0 Å². The zero-order valence-electron chi connectivity index (χ0n) is 11.9. The first-order chi connectivity index (χ1) is 8.83. The molecule has 1 nitrogen and oxygen atoms in total. The summed E-state index contributed by atoms with van der Waals surface area (Å²) in [4.78, 5) is 0. The van der Waals surface area contributed by atoms with Gasteiger partial charge < -0.3 is 5.32 Å². The molecule has 1 atom stereocenters. The number of rotatable bonds is 7. The Morgan fingerprint density at radius 3 is 2.67 bits per heavy atom. The van der Waals surface area contributed by atoms with Gasteiger partial charge in [0.1, 0.15) is 0 Å². The topological polar surface area (TPSA) is 12.0 Å². The molecule has 0 saturated carbocycles. The maximum absolute atomic E-state index is 3.65. The Labute approximate surface area is 112 Å². The SMILES string of the molecule is CC#CCCC(NCCC)c1ccccc1CC. The van der Waals surface area contributed by atoms with Crippen LogP contribution in [-0.2, 0) is 6.42 Å². The van der Waals surface area contributed by atoms with Gasteiger partial charge in [0, 0.05) is 12.5 Å². The lowest BCUT2D eigenvalue weighted by atomic mass is 9.95. The highest BCUT2D eigenvalue weighted by Crippen LogP contribution is 2.22. The molecule has 1 unspecified atom stereocenters. The Morgan fingerprint density at radius 2 is 2.00 bits per heavy atom. The molecule has 1 aromatic carbocycles. The summed E-state index contributed by atoms with van der Waals surface area (Å²) in [6.07, 6.45) is 4.33. The van der Waals surface area contributed by atoms with Crippen molar-refractivity contribution in [1.82, 2.24) is 5.32 Å². The van der Waals surface area contributed by atoms with Gasteiger partial charge in [0.2, 0.25) is 0 Å². The maximum atomic E-state index is 3.65. The first kappa shape index (κ1) is 14.8. The summed E-state index contributed by atoms with van der Waals surface area (Å²) < 4.78 is 0. The zero-order valence-corrected chi connectivity index (χ0v) is 11.9. The number of hydrogen-bond donors (Lipinski definition) is 1. The van der Waals surface area contributed by atoms with Gasteiger partial charge in [-0.25, -0.2) is 0 Å². The Balaban J connectivity index is 2.81. The predicted molar refractivity (Wildman–Crippen MR) is 79.5 cm³/mol. The second kappa shape index (κ2) is 8.78. The van der Waals surface area contributed by atoms with E-state index in [1.165, 1.54) is 17.5 Å². The van der Waals surface area contributed by atoms with Gasteiger partial charge in [-0.1, -0.05) is 38.1 Å². The molecular weight excluding hydrogens is 218 g/mol. The van der Waals surface area contributed by atoms with Crippen LogP contribution in [0.3, 0.4) is 0 Å². The summed E-state index contributed by atoms with van der Waals surface area (Å²) in [5, 5.41) is 3.65. The minimum absolute atomic E-state index is 0.446. The minimum Gasteiger partial charge on any atom is -0.310 e. The Bertz CT molecular complexity index is 398. The highest BCUT2D eigenvalue weighted by atomic mass is 14.9. The summed E-state index contributed by atoms with van der Waals surface area (Å²) in [5.41, 5.74) is 2.90. The number of benzene rings is 1. The van der Waals surface area contributed by atoms with E-state index >= 15 is 0 Å². The van der Waals surface area contributed by atoms with Crippen LogP contribution < -0.4 is 5.32 Å². The third-order valence-electron chi connectivity index (χ3n) is 3.19. The molecule has 98 valence electrons. The molecule has 0 radical (unpaired) electrons. The maximum Gasteiger partial charge on any atom is 0.0332 e. The average Bonchev–Trinajstić information content (AvgIpc) is 2.42. The summed E-state index contributed by atoms with van der Waals surface area (Å²) >= 11 is 0. The summed E-state index contributed by atoms with van der Waals surface area (Å²) in [6, 6.07) is 9.21. The minimum atomic E-state index is 0.446. The number of aryl methyl sites for hydroxylation is 1. The largest absolute Gasteiger partial charge is 0.310 e. The third-order valence-corrected chi connectivity index (χ3v) is 3.19. The first-order valence-electron chi connectivity index (χ1n) is 7.04. The second-order valence-corrected chi connectivity index (χ2v) is 4.52. The molecule has 18 heavy (non-hydrogen) atoms. The molecule has 1 N–H and O–H groups in total. The van der Waals surface area contributed by atoms with Crippen LogP contribution in [0.2, 0.25) is 0 Å². The lowest BCUT2D eigenvalue weighted by Crippen LogP contribution is -2.23. The van der Waals surface area contributed by atoms with Gasteiger partial charge in [-0.2, -0.15) is 0 Å². The van der Waals surface area contributed by atoms with Crippen molar-refractivity contribution < 1.29 is 0 Å². The third kappa shape index (κ3) is 4.55. The standard InChI is InChI=1S/C17H25N/c1-4-7-8-13-17(18-14-5-2)16-12-10-9-11-15(16)6-3/h9-12,17-18H,5-6,8,13-14H2,1-3H3. The van der Waals surface area contributed by atoms with E-state index in [0.717, 1.165) is 25.8 Å². The van der Waals surface area contributed by atoms with Gasteiger partial charge in [-0.05, 0) is 43.9 Å². The van der Waals surface area contributed by atoms with Crippen molar-refractivity contribution in [3.8, 4) is 11.8 Å². The molecule has 0 aliphatic rings. The van der Waals surface area contributed by atoms with Crippen molar-refractivity contribution in [3.63, 3.8) is 0 Å². The van der Waals surface area contributed by atoms with E-state index in [9.17, 15) is 0 Å². The molecule has 0 bridgehead atoms. The normalized spacial score (nSPS) is 11.7. The second-order valence-electron chi connectivity index (χ2n) is 4.52. The van der Waals surface area contributed by atoms with E-state index in [0.29, 0.717) is 6.04 Å². The molecule has 0 fully saturated rings. The van der Waals surface area contributed by atoms with Gasteiger partial charge >= 0.3 is 0 Å². The van der Waals surface area contributed by atoms with E-state index in [1.807, 2.05) is 6.92 Å². The van der Waals surface area contributed by atoms with Crippen molar-refractivity contribution in [2.45, 2.75) is 52.5 Å². The van der Waals surface area contributed by atoms with Crippen LogP contribution in [0.1, 0.15) is 57.2 Å². The lowest BCUT2D eigenvalue weighted by molar-refractivity contribution is 0.502. The molecule has 1 rings (SSSR count). The Hall–Kier alpha value is -1.26. The van der Waals surface area contributed by atoms with Crippen LogP contribution in [0.25, 0.3) is 0 Å². The fraction of sp³-hybridized carbons (Fsp3) is 0.529. The van der Waals surface area contributed by atoms with Crippen molar-refractivity contribution in [2.24, 2.45) is 0 Å². The van der Waals surface area contributed by atoms with Gasteiger partial charge in [0.05, 0.1) is 0 Å². The molecule has 0 amide bonds. The molecule has 0 spiro atoms. The molecular formula is C17H25N. The molecule has 0 heterocycles. The molecule has 0 aliphatic carbocycles. The molecule has 0 saturated heterocycles. The fourth-order valence-corrected chi connectivity index (χ4v) is 2.22. The number of hydrogen-bond acceptors (Lipinski definition) is 1. The van der Waals surface area contributed by atoms with E-state index in [2.05, 4.69) is 55.3 Å². The van der Waals surface area contributed by atoms with E-state index in [-0.39, 0.29) is 0 Å². The van der Waals surface area contributed by atoms with Crippen molar-refractivity contribution in [3.05, 3.63) is 35.4 Å². The molecule has 1 heteroatoms. The molecule has 0 aliphatic heterocycles. The smallest absolute Gasteiger partial charge is 0.0332 e. The van der Waals surface area contributed by atoms with Crippen molar-refractivity contribution >= 4 is 0 Å². The van der Waals surface area contributed by atoms with Crippen LogP contribution in [0.4, 0.5) is 0 Å². The van der Waals surface area contributed by atoms with Crippen LogP contribution in [0, 0.1) is 11.8 Å². The summed E-state index contributed by atoms with van der Waals surface area (Å²) in [6.45, 7) is 7.42. The average molecular weight is 243 g/mol. The Morgan fingerprint density at radius 1 is 1.22 bits per heavy atom. The molecule has 1 aromatic rings. The zero-order chi connectivity index (χ0) is 13.2. The number of nitrogens with one attached hydrogen (secondary N) is 1. The monoisotopic (exact) mass is 243 g/mol. The fourth-order valence-electron chi connectivity index (χ4n) is 2.22. The lowest BCUT2D eigenvalue weighted by Gasteiger charge is -2.21. The van der Waals surface area contributed by atoms with Gasteiger partial charge in [0.25, 0.3) is 0 Å². The van der Waals surface area contributed by atoms with Crippen LogP contribution in [-0.4, -0.2) is 6.54 Å². The highest BCUT2D eigenvalue weighted by Gasteiger charge is 2.12. The van der Waals surface area contributed by atoms with E-state index < -0.39 is 0 Å². The van der Waals surface area contributed by atoms with Crippen molar-refractivity contribution in [1.29, 1.82) is 0 Å². The quantitative estimate of drug-likeness (QED) is 0.711. The summed E-state index contributed by atoms with van der Waals surface area (Å²) in [7, 11) is 0. The van der Waals surface area contributed by atoms with Gasteiger partial charge in [-0.3, -0.25) is 0 Å². The van der Waals surface area contributed by atoms with E-state index in [1.54, 1.807) is 0 Å². The van der Waals surface area contributed by atoms with Crippen LogP contribution in [0.5, 0.6) is 0 Å². The highest BCUT2D eigenvalue weighted by molar-refractivity contribution is 5.30. The van der Waals surface area contributed by atoms with Crippen LogP contribution >= 0.6 is 0 Å². The summed E-state index contributed by atoms with van der Waals surface area (Å²) in [5.74, 6) is 6.15. The van der Waals surface area contributed by atoms with Gasteiger partial charge in [-0.15, -0.1) is 11.8 Å².